The van der Waals surface area contributed by atoms with Crippen molar-refractivity contribution in [1.82, 2.24) is 10.3 Å². The average molecular weight is 372 g/mol. The van der Waals surface area contributed by atoms with Gasteiger partial charge in [-0.05, 0) is 31.7 Å². The molecule has 26 heavy (non-hydrogen) atoms. The van der Waals surface area contributed by atoms with Crippen molar-refractivity contribution in [1.29, 1.82) is 0 Å². The molecular formula is C20H24N2O3S. The van der Waals surface area contributed by atoms with Gasteiger partial charge in [-0.2, -0.15) is 0 Å². The van der Waals surface area contributed by atoms with E-state index in [4.69, 9.17) is 0 Å². The summed E-state index contributed by atoms with van der Waals surface area (Å²) >= 11 is 1.46. The van der Waals surface area contributed by atoms with Gasteiger partial charge in [-0.3, -0.25) is 9.59 Å². The molecule has 138 valence electrons. The van der Waals surface area contributed by atoms with Gasteiger partial charge in [0.2, 0.25) is 0 Å². The van der Waals surface area contributed by atoms with Gasteiger partial charge >= 0.3 is 5.97 Å². The number of nitrogens with one attached hydrogen (secondary N) is 1. The van der Waals surface area contributed by atoms with E-state index >= 15 is 0 Å². The number of benzene rings is 1. The maximum Gasteiger partial charge on any atom is 0.308 e. The number of carboxylic acids is 1. The van der Waals surface area contributed by atoms with E-state index in [0.717, 1.165) is 29.1 Å². The van der Waals surface area contributed by atoms with E-state index in [9.17, 15) is 14.7 Å². The second-order valence-corrected chi connectivity index (χ2v) is 7.91. The maximum atomic E-state index is 12.5. The second kappa shape index (κ2) is 8.45. The van der Waals surface area contributed by atoms with Gasteiger partial charge in [0.15, 0.2) is 0 Å². The van der Waals surface area contributed by atoms with E-state index in [-0.39, 0.29) is 12.5 Å². The number of carboxylic acid groups (broad SMARTS) is 1. The van der Waals surface area contributed by atoms with E-state index in [2.05, 4.69) is 10.3 Å². The van der Waals surface area contributed by atoms with Crippen LogP contribution in [-0.4, -0.2) is 28.5 Å². The number of aliphatic carboxylic acids is 1. The molecule has 1 saturated carbocycles. The number of amides is 1. The minimum absolute atomic E-state index is 0.110. The first-order valence-electron chi connectivity index (χ1n) is 9.07. The van der Waals surface area contributed by atoms with E-state index in [1.165, 1.54) is 24.2 Å². The summed E-state index contributed by atoms with van der Waals surface area (Å²) < 4.78 is 0. The second-order valence-electron chi connectivity index (χ2n) is 6.88. The van der Waals surface area contributed by atoms with Crippen molar-refractivity contribution in [3.8, 4) is 0 Å². The molecule has 1 heterocycles. The van der Waals surface area contributed by atoms with Crippen molar-refractivity contribution in [2.75, 3.05) is 6.54 Å². The zero-order chi connectivity index (χ0) is 18.5. The number of rotatable bonds is 7. The summed E-state index contributed by atoms with van der Waals surface area (Å²) in [6.07, 6.45) is 5.14. The largest absolute Gasteiger partial charge is 0.481 e. The lowest BCUT2D eigenvalue weighted by atomic mass is 9.99. The first kappa shape index (κ1) is 18.6. The van der Waals surface area contributed by atoms with Crippen LogP contribution in [0.3, 0.4) is 0 Å². The van der Waals surface area contributed by atoms with Crippen molar-refractivity contribution in [3.63, 3.8) is 0 Å². The van der Waals surface area contributed by atoms with Crippen molar-refractivity contribution in [3.05, 3.63) is 51.5 Å². The first-order valence-corrected chi connectivity index (χ1v) is 9.88. The molecule has 0 aliphatic heterocycles. The first-order chi connectivity index (χ1) is 12.5. The number of thiazole rings is 1. The van der Waals surface area contributed by atoms with Gasteiger partial charge in [0.25, 0.3) is 5.91 Å². The minimum Gasteiger partial charge on any atom is -0.481 e. The quantitative estimate of drug-likeness (QED) is 0.775. The van der Waals surface area contributed by atoms with Gasteiger partial charge < -0.3 is 10.4 Å². The van der Waals surface area contributed by atoms with Gasteiger partial charge in [0.05, 0.1) is 16.6 Å². The Labute approximate surface area is 157 Å². The number of hydrogen-bond donors (Lipinski definition) is 2. The van der Waals surface area contributed by atoms with E-state index in [1.807, 2.05) is 37.3 Å². The van der Waals surface area contributed by atoms with Crippen LogP contribution in [0.25, 0.3) is 0 Å². The van der Waals surface area contributed by atoms with Crippen molar-refractivity contribution >= 4 is 23.2 Å². The summed E-state index contributed by atoms with van der Waals surface area (Å²) in [5.74, 6) is -1.29. The molecular weight excluding hydrogens is 348 g/mol. The van der Waals surface area contributed by atoms with Crippen LogP contribution in [0.5, 0.6) is 0 Å². The molecule has 1 fully saturated rings. The summed E-state index contributed by atoms with van der Waals surface area (Å²) in [5, 5.41) is 13.3. The number of nitrogens with zero attached hydrogens (tertiary/aromatic N) is 1. The highest BCUT2D eigenvalue weighted by Gasteiger charge is 2.25. The average Bonchev–Trinajstić information content (AvgIpc) is 3.28. The fraction of sp³-hybridized carbons (Fsp3) is 0.450. The fourth-order valence-electron chi connectivity index (χ4n) is 3.42. The number of aromatic nitrogens is 1. The number of aryl methyl sites for hydroxylation is 1. The molecule has 0 radical (unpaired) electrons. The maximum absolute atomic E-state index is 12.5. The van der Waals surface area contributed by atoms with Gasteiger partial charge in [-0.15, -0.1) is 11.3 Å². The minimum atomic E-state index is -0.901. The van der Waals surface area contributed by atoms with Gasteiger partial charge in [0, 0.05) is 12.5 Å². The molecule has 0 unspecified atom stereocenters. The highest BCUT2D eigenvalue weighted by atomic mass is 32.1. The Morgan fingerprint density at radius 1 is 1.27 bits per heavy atom. The Morgan fingerprint density at radius 3 is 2.62 bits per heavy atom. The Bertz CT molecular complexity index is 767. The van der Waals surface area contributed by atoms with Gasteiger partial charge in [-0.25, -0.2) is 4.98 Å². The number of hydrogen-bond acceptors (Lipinski definition) is 4. The summed E-state index contributed by atoms with van der Waals surface area (Å²) in [5.41, 5.74) is 1.69. The molecule has 1 atom stereocenters. The third-order valence-electron chi connectivity index (χ3n) is 4.91. The highest BCUT2D eigenvalue weighted by Crippen LogP contribution is 2.37. The van der Waals surface area contributed by atoms with E-state index < -0.39 is 11.9 Å². The Kier molecular flexibility index (Phi) is 6.04. The SMILES string of the molecule is Cc1nc(C2CCCC2)sc1C(=O)NC[C@H](Cc1ccccc1)C(=O)O. The molecule has 1 aromatic heterocycles. The monoisotopic (exact) mass is 372 g/mol. The third kappa shape index (κ3) is 4.49. The van der Waals surface area contributed by atoms with Crippen molar-refractivity contribution in [2.24, 2.45) is 5.92 Å². The lowest BCUT2D eigenvalue weighted by Crippen LogP contribution is -2.34. The molecule has 0 bridgehead atoms. The summed E-state index contributed by atoms with van der Waals surface area (Å²) in [6.45, 7) is 1.96. The van der Waals surface area contributed by atoms with Crippen LogP contribution >= 0.6 is 11.3 Å². The predicted molar refractivity (Wildman–Crippen MR) is 102 cm³/mol. The van der Waals surface area contributed by atoms with Gasteiger partial charge in [-0.1, -0.05) is 43.2 Å². The standard InChI is InChI=1S/C20H24N2O3S/c1-13-17(26-19(22-13)15-9-5-6-10-15)18(23)21-12-16(20(24)25)11-14-7-3-2-4-8-14/h2-4,7-8,15-16H,5-6,9-12H2,1H3,(H,21,23)(H,24,25)/t16-/m0/s1. The van der Waals surface area contributed by atoms with E-state index in [0.29, 0.717) is 17.2 Å². The molecule has 5 nitrogen and oxygen atoms in total. The number of carbonyl (C=O) groups excluding carboxylic acids is 1. The molecule has 1 aromatic carbocycles. The molecule has 2 aromatic rings. The molecule has 2 N–H and O–H groups in total. The van der Waals surface area contributed by atoms with Crippen molar-refractivity contribution in [2.45, 2.75) is 44.9 Å². The van der Waals surface area contributed by atoms with Crippen molar-refractivity contribution < 1.29 is 14.7 Å². The molecule has 1 aliphatic rings. The third-order valence-corrected chi connectivity index (χ3v) is 6.23. The van der Waals surface area contributed by atoms with Crippen LogP contribution in [0, 0.1) is 12.8 Å². The Balaban J connectivity index is 1.62. The normalized spacial score (nSPS) is 15.7. The van der Waals surface area contributed by atoms with Crippen LogP contribution in [0.1, 0.15) is 57.5 Å². The smallest absolute Gasteiger partial charge is 0.308 e. The molecule has 1 aliphatic carbocycles. The summed E-state index contributed by atoms with van der Waals surface area (Å²) in [6, 6.07) is 9.48. The summed E-state index contributed by atoms with van der Waals surface area (Å²) in [4.78, 5) is 29.3. The zero-order valence-electron chi connectivity index (χ0n) is 14.9. The molecule has 0 spiro atoms. The topological polar surface area (TPSA) is 79.3 Å². The van der Waals surface area contributed by atoms with Crippen LogP contribution in [0.4, 0.5) is 0 Å². The van der Waals surface area contributed by atoms with Crippen LogP contribution in [-0.2, 0) is 11.2 Å². The highest BCUT2D eigenvalue weighted by molar-refractivity contribution is 7.13. The van der Waals surface area contributed by atoms with Crippen LogP contribution in [0.2, 0.25) is 0 Å². The Hall–Kier alpha value is -2.21. The lowest BCUT2D eigenvalue weighted by molar-refractivity contribution is -0.141. The fourth-order valence-corrected chi connectivity index (χ4v) is 4.57. The Morgan fingerprint density at radius 2 is 1.96 bits per heavy atom. The lowest BCUT2D eigenvalue weighted by Gasteiger charge is -2.13. The van der Waals surface area contributed by atoms with Gasteiger partial charge in [0.1, 0.15) is 4.88 Å². The predicted octanol–water partition coefficient (Wildman–Crippen LogP) is 3.78. The van der Waals surface area contributed by atoms with Crippen LogP contribution in [0.15, 0.2) is 30.3 Å². The zero-order valence-corrected chi connectivity index (χ0v) is 15.7. The number of carbonyl (C=O) groups is 2. The molecule has 6 heteroatoms. The van der Waals surface area contributed by atoms with Crippen LogP contribution < -0.4 is 5.32 Å². The molecule has 3 rings (SSSR count). The summed E-state index contributed by atoms with van der Waals surface area (Å²) in [7, 11) is 0. The molecule has 0 saturated heterocycles. The molecule has 1 amide bonds. The van der Waals surface area contributed by atoms with E-state index in [1.54, 1.807) is 0 Å².